The van der Waals surface area contributed by atoms with Crippen molar-refractivity contribution in [3.8, 4) is 0 Å². The number of carbonyl (C=O) groups excluding carboxylic acids is 3. The molecule has 0 aliphatic rings. The smallest absolute Gasteiger partial charge is 0.357 e. The summed E-state index contributed by atoms with van der Waals surface area (Å²) in [7, 11) is 1.28. The third kappa shape index (κ3) is 5.97. The number of nitrogens with zero attached hydrogens (tertiary/aromatic N) is 1. The summed E-state index contributed by atoms with van der Waals surface area (Å²) in [4.78, 5) is 41.0. The molecule has 0 fully saturated rings. The molecule has 0 atom stereocenters. The molecule has 4 rings (SSSR count). The molecule has 1 amide bonds. The quantitative estimate of drug-likeness (QED) is 0.303. The number of methoxy groups -OCH3 is 1. The van der Waals surface area contributed by atoms with Crippen molar-refractivity contribution in [1.82, 2.24) is 4.98 Å². The van der Waals surface area contributed by atoms with Crippen LogP contribution in [0.4, 0.5) is 5.69 Å². The molecule has 7 nitrogen and oxygen atoms in total. The highest BCUT2D eigenvalue weighted by Crippen LogP contribution is 2.18. The molecule has 0 bridgehead atoms. The predicted octanol–water partition coefficient (Wildman–Crippen LogP) is 5.03. The van der Waals surface area contributed by atoms with Gasteiger partial charge in [0, 0.05) is 11.5 Å². The van der Waals surface area contributed by atoms with E-state index in [2.05, 4.69) is 10.3 Å². The highest BCUT2D eigenvalue weighted by Gasteiger charge is 2.12. The van der Waals surface area contributed by atoms with E-state index in [4.69, 9.17) is 9.47 Å². The van der Waals surface area contributed by atoms with Crippen molar-refractivity contribution >= 4 is 40.5 Å². The summed E-state index contributed by atoms with van der Waals surface area (Å²) < 4.78 is 10.1. The molecule has 4 aromatic rings. The molecule has 1 heterocycles. The van der Waals surface area contributed by atoms with Gasteiger partial charge in [-0.1, -0.05) is 54.6 Å². The molecule has 7 heteroatoms. The van der Waals surface area contributed by atoms with E-state index in [9.17, 15) is 14.4 Å². The van der Waals surface area contributed by atoms with Crippen LogP contribution in [0.3, 0.4) is 0 Å². The van der Waals surface area contributed by atoms with Crippen LogP contribution in [0.15, 0.2) is 91.0 Å². The van der Waals surface area contributed by atoms with Gasteiger partial charge in [0.15, 0.2) is 0 Å². The monoisotopic (exact) mass is 466 g/mol. The number of aromatic nitrogens is 1. The molecule has 0 saturated heterocycles. The van der Waals surface area contributed by atoms with Crippen molar-refractivity contribution in [3.05, 3.63) is 113 Å². The van der Waals surface area contributed by atoms with E-state index >= 15 is 0 Å². The molecule has 0 spiro atoms. The number of rotatable bonds is 7. The van der Waals surface area contributed by atoms with Crippen LogP contribution in [0.25, 0.3) is 17.0 Å². The minimum atomic E-state index is -0.532. The minimum Gasteiger partial charge on any atom is -0.465 e. The van der Waals surface area contributed by atoms with Gasteiger partial charge in [-0.15, -0.1) is 0 Å². The lowest BCUT2D eigenvalue weighted by molar-refractivity contribution is -0.111. The summed E-state index contributed by atoms with van der Waals surface area (Å²) in [5.41, 5.74) is 3.16. The third-order valence-corrected chi connectivity index (χ3v) is 5.15. The Bertz CT molecular complexity index is 1410. The van der Waals surface area contributed by atoms with Crippen LogP contribution < -0.4 is 5.32 Å². The molecule has 174 valence electrons. The third-order valence-electron chi connectivity index (χ3n) is 5.15. The topological polar surface area (TPSA) is 94.6 Å². The van der Waals surface area contributed by atoms with Gasteiger partial charge in [0.05, 0.1) is 23.9 Å². The Balaban J connectivity index is 1.42. The molecule has 1 N–H and O–H groups in total. The van der Waals surface area contributed by atoms with Gasteiger partial charge in [-0.05, 0) is 47.5 Å². The maximum atomic E-state index is 12.4. The fourth-order valence-electron chi connectivity index (χ4n) is 3.38. The van der Waals surface area contributed by atoms with Crippen LogP contribution in [0.1, 0.15) is 32.0 Å². The van der Waals surface area contributed by atoms with Gasteiger partial charge in [-0.3, -0.25) is 4.79 Å². The number of hydrogen-bond donors (Lipinski definition) is 1. The number of carbonyl (C=O) groups is 3. The van der Waals surface area contributed by atoms with Gasteiger partial charge in [-0.2, -0.15) is 0 Å². The molecule has 0 radical (unpaired) electrons. The molecule has 3 aromatic carbocycles. The number of amides is 1. The summed E-state index contributed by atoms with van der Waals surface area (Å²) in [5.74, 6) is -1.42. The van der Waals surface area contributed by atoms with Crippen molar-refractivity contribution in [1.29, 1.82) is 0 Å². The number of fused-ring (bicyclic) bond motifs is 1. The molecule has 0 unspecified atom stereocenters. The number of hydrogen-bond acceptors (Lipinski definition) is 6. The van der Waals surface area contributed by atoms with E-state index in [1.807, 2.05) is 36.4 Å². The van der Waals surface area contributed by atoms with Crippen LogP contribution in [-0.2, 0) is 20.9 Å². The van der Waals surface area contributed by atoms with Gasteiger partial charge in [0.25, 0.3) is 0 Å². The first-order chi connectivity index (χ1) is 17.0. The van der Waals surface area contributed by atoms with Gasteiger partial charge in [-0.25, -0.2) is 14.6 Å². The first-order valence-corrected chi connectivity index (χ1v) is 10.8. The lowest BCUT2D eigenvalue weighted by Gasteiger charge is -2.08. The molecule has 35 heavy (non-hydrogen) atoms. The first-order valence-electron chi connectivity index (χ1n) is 10.8. The summed E-state index contributed by atoms with van der Waals surface area (Å²) in [5, 5.41) is 3.50. The molecule has 0 saturated carbocycles. The van der Waals surface area contributed by atoms with Crippen molar-refractivity contribution in [3.63, 3.8) is 0 Å². The average Bonchev–Trinajstić information content (AvgIpc) is 2.90. The van der Waals surface area contributed by atoms with Crippen LogP contribution in [0, 0.1) is 0 Å². The van der Waals surface area contributed by atoms with Gasteiger partial charge in [0.1, 0.15) is 12.3 Å². The van der Waals surface area contributed by atoms with E-state index in [-0.39, 0.29) is 17.9 Å². The van der Waals surface area contributed by atoms with E-state index in [1.165, 1.54) is 13.2 Å². The number of benzene rings is 3. The SMILES string of the molecule is COC(=O)c1ccccc1NC(=O)C=Cc1ccc2nc(C(=O)OCc3ccccc3)ccc2c1. The zero-order valence-electron chi connectivity index (χ0n) is 18.9. The summed E-state index contributed by atoms with van der Waals surface area (Å²) in [6.45, 7) is 0.176. The second-order valence-electron chi connectivity index (χ2n) is 7.57. The number of esters is 2. The summed E-state index contributed by atoms with van der Waals surface area (Å²) in [6.07, 6.45) is 3.02. The number of anilines is 1. The van der Waals surface area contributed by atoms with Crippen LogP contribution in [0.5, 0.6) is 0 Å². The van der Waals surface area contributed by atoms with E-state index in [1.54, 1.807) is 54.6 Å². The Morgan fingerprint density at radius 1 is 0.886 bits per heavy atom. The highest BCUT2D eigenvalue weighted by atomic mass is 16.5. The number of pyridine rings is 1. The summed E-state index contributed by atoms with van der Waals surface area (Å²) >= 11 is 0. The van der Waals surface area contributed by atoms with Crippen molar-refractivity contribution in [2.24, 2.45) is 0 Å². The van der Waals surface area contributed by atoms with Gasteiger partial charge < -0.3 is 14.8 Å². The first kappa shape index (κ1) is 23.4. The van der Waals surface area contributed by atoms with Gasteiger partial charge in [0.2, 0.25) is 5.91 Å². The zero-order chi connectivity index (χ0) is 24.6. The Morgan fingerprint density at radius 3 is 2.46 bits per heavy atom. The molecular weight excluding hydrogens is 444 g/mol. The van der Waals surface area contributed by atoms with Crippen LogP contribution in [-0.4, -0.2) is 29.9 Å². The fraction of sp³-hybridized carbons (Fsp3) is 0.0714. The van der Waals surface area contributed by atoms with E-state index in [0.717, 1.165) is 16.5 Å². The maximum absolute atomic E-state index is 12.4. The van der Waals surface area contributed by atoms with Crippen molar-refractivity contribution < 1.29 is 23.9 Å². The minimum absolute atomic E-state index is 0.176. The fourth-order valence-corrected chi connectivity index (χ4v) is 3.38. The molecular formula is C28H22N2O5. The summed E-state index contributed by atoms with van der Waals surface area (Å²) in [6, 6.07) is 24.9. The van der Waals surface area contributed by atoms with Crippen molar-refractivity contribution in [2.75, 3.05) is 12.4 Å². The van der Waals surface area contributed by atoms with Crippen molar-refractivity contribution in [2.45, 2.75) is 6.61 Å². The second-order valence-corrected chi connectivity index (χ2v) is 7.57. The number of ether oxygens (including phenoxy) is 2. The Morgan fingerprint density at radius 2 is 1.66 bits per heavy atom. The number of nitrogens with one attached hydrogen (secondary N) is 1. The second kappa shape index (κ2) is 10.9. The van der Waals surface area contributed by atoms with Crippen LogP contribution in [0.2, 0.25) is 0 Å². The Labute approximate surface area is 202 Å². The predicted molar refractivity (Wildman–Crippen MR) is 133 cm³/mol. The maximum Gasteiger partial charge on any atom is 0.357 e. The van der Waals surface area contributed by atoms with E-state index < -0.39 is 17.8 Å². The van der Waals surface area contributed by atoms with Crippen LogP contribution >= 0.6 is 0 Å². The van der Waals surface area contributed by atoms with E-state index in [0.29, 0.717) is 11.2 Å². The number of para-hydroxylation sites is 1. The molecule has 0 aliphatic heterocycles. The Hall–Kier alpha value is -4.78. The zero-order valence-corrected chi connectivity index (χ0v) is 18.9. The lowest BCUT2D eigenvalue weighted by Crippen LogP contribution is -2.12. The largest absolute Gasteiger partial charge is 0.465 e. The molecule has 1 aromatic heterocycles. The molecule has 0 aliphatic carbocycles. The van der Waals surface area contributed by atoms with Gasteiger partial charge >= 0.3 is 11.9 Å². The Kier molecular flexibility index (Phi) is 7.28. The highest BCUT2D eigenvalue weighted by molar-refractivity contribution is 6.06. The normalized spacial score (nSPS) is 10.8. The average molecular weight is 466 g/mol. The lowest BCUT2D eigenvalue weighted by atomic mass is 10.1. The standard InChI is InChI=1S/C28H22N2O5/c1-34-27(32)22-9-5-6-10-24(22)30-26(31)16-12-19-11-14-23-21(17-19)13-15-25(29-23)28(33)35-18-20-7-3-2-4-8-20/h2-17H,18H2,1H3,(H,30,31).